The fourth-order valence-electron chi connectivity index (χ4n) is 3.19. The summed E-state index contributed by atoms with van der Waals surface area (Å²) in [5.74, 6) is -1.12. The molecule has 0 spiro atoms. The van der Waals surface area contributed by atoms with Crippen LogP contribution >= 0.6 is 0 Å². The number of hydrogen-bond donors (Lipinski definition) is 2. The van der Waals surface area contributed by atoms with Gasteiger partial charge in [0.2, 0.25) is 0 Å². The van der Waals surface area contributed by atoms with E-state index in [0.717, 1.165) is 5.56 Å². The Morgan fingerprint density at radius 3 is 2.17 bits per heavy atom. The van der Waals surface area contributed by atoms with Crippen molar-refractivity contribution in [3.63, 3.8) is 0 Å². The summed E-state index contributed by atoms with van der Waals surface area (Å²) in [7, 11) is 0. The van der Waals surface area contributed by atoms with Crippen LogP contribution < -0.4 is 4.90 Å². The number of carbonyl (C=O) groups excluding carboxylic acids is 1. The molecule has 146 valence electrons. The summed E-state index contributed by atoms with van der Waals surface area (Å²) < 4.78 is 0. The number of ketones is 1. The molecule has 0 aromatic heterocycles. The molecular formula is C24H21NO4. The number of carbonyl (C=O) groups is 2. The van der Waals surface area contributed by atoms with E-state index in [9.17, 15) is 19.8 Å². The van der Waals surface area contributed by atoms with Gasteiger partial charge in [-0.05, 0) is 36.0 Å². The molecule has 5 heteroatoms. The lowest BCUT2D eigenvalue weighted by atomic mass is 9.99. The van der Waals surface area contributed by atoms with Crippen molar-refractivity contribution in [3.8, 4) is 5.75 Å². The van der Waals surface area contributed by atoms with Gasteiger partial charge in [0.05, 0.1) is 5.69 Å². The van der Waals surface area contributed by atoms with E-state index in [4.69, 9.17) is 0 Å². The number of para-hydroxylation sites is 1. The molecule has 0 saturated carbocycles. The highest BCUT2D eigenvalue weighted by Crippen LogP contribution is 2.27. The Labute approximate surface area is 169 Å². The van der Waals surface area contributed by atoms with E-state index in [2.05, 4.69) is 6.58 Å². The van der Waals surface area contributed by atoms with Crippen LogP contribution in [-0.2, 0) is 11.2 Å². The van der Waals surface area contributed by atoms with Crippen LogP contribution in [0.25, 0.3) is 0 Å². The van der Waals surface area contributed by atoms with Gasteiger partial charge < -0.3 is 15.1 Å². The molecule has 5 nitrogen and oxygen atoms in total. The summed E-state index contributed by atoms with van der Waals surface area (Å²) in [6.45, 7) is 3.78. The second-order valence-electron chi connectivity index (χ2n) is 6.53. The molecule has 0 saturated heterocycles. The normalized spacial score (nSPS) is 11.4. The highest BCUT2D eigenvalue weighted by Gasteiger charge is 2.27. The average Bonchev–Trinajstić information content (AvgIpc) is 2.75. The van der Waals surface area contributed by atoms with Crippen LogP contribution in [-0.4, -0.2) is 28.0 Å². The van der Waals surface area contributed by atoms with Crippen molar-refractivity contribution >= 4 is 17.4 Å². The Bertz CT molecular complexity index is 1010. The van der Waals surface area contributed by atoms with Crippen molar-refractivity contribution in [2.45, 2.75) is 12.5 Å². The molecule has 0 aliphatic carbocycles. The predicted octanol–water partition coefficient (Wildman–Crippen LogP) is 4.27. The zero-order valence-electron chi connectivity index (χ0n) is 15.7. The van der Waals surface area contributed by atoms with Crippen molar-refractivity contribution in [2.75, 3.05) is 4.90 Å². The van der Waals surface area contributed by atoms with E-state index < -0.39 is 12.0 Å². The molecule has 3 aromatic carbocycles. The summed E-state index contributed by atoms with van der Waals surface area (Å²) in [5.41, 5.74) is 2.14. The zero-order chi connectivity index (χ0) is 20.8. The van der Waals surface area contributed by atoms with Crippen molar-refractivity contribution in [3.05, 3.63) is 108 Å². The lowest BCUT2D eigenvalue weighted by molar-refractivity contribution is -0.138. The van der Waals surface area contributed by atoms with Gasteiger partial charge in [0.1, 0.15) is 11.8 Å². The molecule has 29 heavy (non-hydrogen) atoms. The summed E-state index contributed by atoms with van der Waals surface area (Å²) in [6.07, 6.45) is 1.60. The third kappa shape index (κ3) is 4.52. The van der Waals surface area contributed by atoms with Crippen LogP contribution in [0.5, 0.6) is 5.75 Å². The van der Waals surface area contributed by atoms with Crippen LogP contribution in [0.4, 0.5) is 5.69 Å². The highest BCUT2D eigenvalue weighted by atomic mass is 16.4. The van der Waals surface area contributed by atoms with E-state index in [1.165, 1.54) is 23.2 Å². The summed E-state index contributed by atoms with van der Waals surface area (Å²) in [6, 6.07) is 21.1. The van der Waals surface area contributed by atoms with E-state index in [0.29, 0.717) is 16.8 Å². The van der Waals surface area contributed by atoms with Gasteiger partial charge in [-0.3, -0.25) is 4.79 Å². The number of hydrogen-bond acceptors (Lipinski definition) is 4. The first-order valence-corrected chi connectivity index (χ1v) is 9.11. The number of rotatable bonds is 8. The first-order chi connectivity index (χ1) is 14.0. The first-order valence-electron chi connectivity index (χ1n) is 9.11. The van der Waals surface area contributed by atoms with Crippen LogP contribution in [0.3, 0.4) is 0 Å². The van der Waals surface area contributed by atoms with Gasteiger partial charge in [0.25, 0.3) is 0 Å². The molecule has 0 bridgehead atoms. The number of carboxylic acid groups (broad SMARTS) is 1. The maximum atomic E-state index is 13.0. The number of carboxylic acids is 1. The Balaban J connectivity index is 1.99. The second-order valence-corrected chi connectivity index (χ2v) is 6.53. The van der Waals surface area contributed by atoms with Gasteiger partial charge in [-0.15, -0.1) is 0 Å². The minimum atomic E-state index is -1.04. The molecule has 0 amide bonds. The SMILES string of the molecule is C=CN(c1ccccc1C(=O)c1ccccc1)[C@@H](Cc1ccc(O)cc1)C(=O)O. The largest absolute Gasteiger partial charge is 0.508 e. The van der Waals surface area contributed by atoms with Crippen molar-refractivity contribution < 1.29 is 19.8 Å². The quantitative estimate of drug-likeness (QED) is 0.565. The number of anilines is 1. The van der Waals surface area contributed by atoms with Gasteiger partial charge in [0, 0.05) is 17.5 Å². The first kappa shape index (κ1) is 19.9. The maximum Gasteiger partial charge on any atom is 0.327 e. The van der Waals surface area contributed by atoms with Crippen molar-refractivity contribution in [2.24, 2.45) is 0 Å². The molecule has 3 aromatic rings. The minimum Gasteiger partial charge on any atom is -0.508 e. The molecule has 1 atom stereocenters. The number of phenols is 1. The minimum absolute atomic E-state index is 0.111. The predicted molar refractivity (Wildman–Crippen MR) is 112 cm³/mol. The van der Waals surface area contributed by atoms with E-state index >= 15 is 0 Å². The lowest BCUT2D eigenvalue weighted by Gasteiger charge is -2.29. The fourth-order valence-corrected chi connectivity index (χ4v) is 3.19. The second kappa shape index (κ2) is 8.89. The van der Waals surface area contributed by atoms with E-state index in [1.54, 1.807) is 60.7 Å². The number of aliphatic carboxylic acids is 1. The summed E-state index contributed by atoms with van der Waals surface area (Å²) in [5, 5.41) is 19.3. The smallest absolute Gasteiger partial charge is 0.327 e. The zero-order valence-corrected chi connectivity index (χ0v) is 15.7. The standard InChI is InChI=1S/C24H21NO4/c1-2-25(22(24(28)29)16-17-12-14-19(26)15-13-17)21-11-7-6-10-20(21)23(27)18-8-4-3-5-9-18/h2-15,22,26H,1,16H2,(H,28,29)/t22-/m0/s1. The average molecular weight is 387 g/mol. The highest BCUT2D eigenvalue weighted by molar-refractivity contribution is 6.12. The molecule has 0 heterocycles. The molecule has 3 rings (SSSR count). The monoisotopic (exact) mass is 387 g/mol. The Hall–Kier alpha value is -3.86. The van der Waals surface area contributed by atoms with Gasteiger partial charge in [-0.25, -0.2) is 4.79 Å². The lowest BCUT2D eigenvalue weighted by Crippen LogP contribution is -2.40. The summed E-state index contributed by atoms with van der Waals surface area (Å²) in [4.78, 5) is 26.6. The fraction of sp³-hybridized carbons (Fsp3) is 0.0833. The van der Waals surface area contributed by atoms with Gasteiger partial charge in [0.15, 0.2) is 5.78 Å². The number of benzene rings is 3. The molecule has 0 radical (unpaired) electrons. The van der Waals surface area contributed by atoms with Crippen LogP contribution in [0.15, 0.2) is 91.6 Å². The Morgan fingerprint density at radius 1 is 0.931 bits per heavy atom. The van der Waals surface area contributed by atoms with Crippen LogP contribution in [0, 0.1) is 0 Å². The third-order valence-electron chi connectivity index (χ3n) is 4.65. The molecule has 2 N–H and O–H groups in total. The van der Waals surface area contributed by atoms with E-state index in [-0.39, 0.29) is 18.0 Å². The topological polar surface area (TPSA) is 77.8 Å². The number of nitrogens with zero attached hydrogens (tertiary/aromatic N) is 1. The third-order valence-corrected chi connectivity index (χ3v) is 4.65. The van der Waals surface area contributed by atoms with Gasteiger partial charge in [-0.1, -0.05) is 61.2 Å². The van der Waals surface area contributed by atoms with Crippen molar-refractivity contribution in [1.82, 2.24) is 0 Å². The Morgan fingerprint density at radius 2 is 1.55 bits per heavy atom. The van der Waals surface area contributed by atoms with Crippen LogP contribution in [0.1, 0.15) is 21.5 Å². The molecule has 0 aliphatic heterocycles. The van der Waals surface area contributed by atoms with Gasteiger partial charge >= 0.3 is 5.97 Å². The summed E-state index contributed by atoms with van der Waals surface area (Å²) >= 11 is 0. The number of phenolic OH excluding ortho intramolecular Hbond substituents is 1. The Kier molecular flexibility index (Phi) is 6.09. The van der Waals surface area contributed by atoms with Crippen molar-refractivity contribution in [1.29, 1.82) is 0 Å². The van der Waals surface area contributed by atoms with Crippen LogP contribution in [0.2, 0.25) is 0 Å². The molecule has 0 aliphatic rings. The molecule has 0 unspecified atom stereocenters. The van der Waals surface area contributed by atoms with E-state index in [1.807, 2.05) is 6.07 Å². The molecular weight excluding hydrogens is 366 g/mol. The van der Waals surface area contributed by atoms with Gasteiger partial charge in [-0.2, -0.15) is 0 Å². The molecule has 0 fully saturated rings. The maximum absolute atomic E-state index is 13.0. The number of aromatic hydroxyl groups is 1.